The number of benzene rings is 1. The fourth-order valence-electron chi connectivity index (χ4n) is 2.97. The first-order valence-electron chi connectivity index (χ1n) is 9.38. The lowest BCUT2D eigenvalue weighted by Crippen LogP contribution is -2.30. The van der Waals surface area contributed by atoms with Crippen LogP contribution in [0.4, 0.5) is 5.69 Å². The van der Waals surface area contributed by atoms with Crippen molar-refractivity contribution in [2.45, 2.75) is 24.7 Å². The van der Waals surface area contributed by atoms with Gasteiger partial charge in [-0.15, -0.1) is 0 Å². The maximum absolute atomic E-state index is 12.4. The van der Waals surface area contributed by atoms with Crippen LogP contribution in [0, 0.1) is 6.92 Å². The lowest BCUT2D eigenvalue weighted by Gasteiger charge is -2.19. The van der Waals surface area contributed by atoms with Crippen LogP contribution in [0.3, 0.4) is 0 Å². The first kappa shape index (κ1) is 23.1. The highest BCUT2D eigenvalue weighted by molar-refractivity contribution is 8.26. The predicted molar refractivity (Wildman–Crippen MR) is 126 cm³/mol. The average Bonchev–Trinajstić information content (AvgIpc) is 3.17. The number of aliphatic carboxylic acids is 2. The number of aryl methyl sites for hydroxylation is 1. The number of thioether (sulfide) groups is 2. The van der Waals surface area contributed by atoms with Crippen LogP contribution in [0.5, 0.6) is 0 Å². The van der Waals surface area contributed by atoms with Crippen LogP contribution in [-0.4, -0.2) is 50.4 Å². The maximum atomic E-state index is 12.4. The van der Waals surface area contributed by atoms with Gasteiger partial charge in [-0.05, 0) is 36.8 Å². The lowest BCUT2D eigenvalue weighted by molar-refractivity contribution is -0.138. The highest BCUT2D eigenvalue weighted by atomic mass is 32.2. The summed E-state index contributed by atoms with van der Waals surface area (Å²) in [5.41, 5.74) is 2.11. The maximum Gasteiger partial charge on any atom is 0.305 e. The second kappa shape index (κ2) is 10.2. The second-order valence-electron chi connectivity index (χ2n) is 6.76. The van der Waals surface area contributed by atoms with Crippen molar-refractivity contribution in [1.82, 2.24) is 4.90 Å². The number of allylic oxidation sites excluding steroid dienone is 4. The van der Waals surface area contributed by atoms with E-state index in [9.17, 15) is 14.4 Å². The summed E-state index contributed by atoms with van der Waals surface area (Å²) >= 11 is 7.88. The molecule has 1 aromatic rings. The van der Waals surface area contributed by atoms with E-state index in [4.69, 9.17) is 22.4 Å². The van der Waals surface area contributed by atoms with Crippen LogP contribution in [-0.2, 0) is 14.4 Å². The van der Waals surface area contributed by atoms with Crippen molar-refractivity contribution in [2.75, 3.05) is 18.0 Å². The number of hydrogen-bond acceptors (Lipinski definition) is 7. The Hall–Kier alpha value is -2.56. The summed E-state index contributed by atoms with van der Waals surface area (Å²) in [6.45, 7) is 2.43. The fourth-order valence-corrected chi connectivity index (χ4v) is 5.43. The van der Waals surface area contributed by atoms with Crippen molar-refractivity contribution in [1.29, 1.82) is 0 Å². The Kier molecular flexibility index (Phi) is 7.58. The number of hydrogen-bond donors (Lipinski definition) is 2. The SMILES string of the molecule is Cc1ccc2c(c1)S/C(=C/C=C/C=C1\SC(=S)N(CCC(=O)O)C1=O)N2CCC(=O)O. The van der Waals surface area contributed by atoms with Gasteiger partial charge in [-0.3, -0.25) is 19.3 Å². The molecule has 1 saturated heterocycles. The Balaban J connectivity index is 1.72. The number of carbonyl (C=O) groups is 3. The predicted octanol–water partition coefficient (Wildman–Crippen LogP) is 4.00. The number of fused-ring (bicyclic) bond motifs is 1. The van der Waals surface area contributed by atoms with E-state index in [0.29, 0.717) is 15.8 Å². The number of anilines is 1. The molecule has 31 heavy (non-hydrogen) atoms. The Labute approximate surface area is 193 Å². The molecule has 0 atom stereocenters. The summed E-state index contributed by atoms with van der Waals surface area (Å²) in [6, 6.07) is 6.06. The summed E-state index contributed by atoms with van der Waals surface area (Å²) in [5.74, 6) is -2.14. The zero-order valence-electron chi connectivity index (χ0n) is 16.6. The molecule has 0 aromatic heterocycles. The molecular formula is C21H20N2O5S3. The Morgan fingerprint density at radius 3 is 2.35 bits per heavy atom. The largest absolute Gasteiger partial charge is 0.481 e. The smallest absolute Gasteiger partial charge is 0.305 e. The summed E-state index contributed by atoms with van der Waals surface area (Å²) in [4.78, 5) is 39.0. The van der Waals surface area contributed by atoms with Crippen LogP contribution < -0.4 is 4.90 Å². The van der Waals surface area contributed by atoms with Gasteiger partial charge in [0, 0.05) is 18.0 Å². The van der Waals surface area contributed by atoms with Crippen molar-refractivity contribution in [3.63, 3.8) is 0 Å². The normalized spacial score (nSPS) is 18.6. The number of carboxylic acids is 2. The van der Waals surface area contributed by atoms with E-state index in [2.05, 4.69) is 6.07 Å². The van der Waals surface area contributed by atoms with Crippen LogP contribution in [0.15, 0.2) is 57.3 Å². The molecule has 10 heteroatoms. The van der Waals surface area contributed by atoms with Crippen LogP contribution >= 0.6 is 35.7 Å². The average molecular weight is 477 g/mol. The van der Waals surface area contributed by atoms with E-state index in [1.165, 1.54) is 4.90 Å². The minimum absolute atomic E-state index is 0.0216. The molecule has 1 fully saturated rings. The topological polar surface area (TPSA) is 98.2 Å². The molecule has 2 heterocycles. The van der Waals surface area contributed by atoms with Gasteiger partial charge in [0.05, 0.1) is 28.5 Å². The summed E-state index contributed by atoms with van der Waals surface area (Å²) < 4.78 is 0.348. The summed E-state index contributed by atoms with van der Waals surface area (Å²) in [5, 5.41) is 18.8. The van der Waals surface area contributed by atoms with Gasteiger partial charge < -0.3 is 15.1 Å². The Morgan fingerprint density at radius 1 is 1.03 bits per heavy atom. The molecular weight excluding hydrogens is 456 g/mol. The highest BCUT2D eigenvalue weighted by Gasteiger charge is 2.31. The summed E-state index contributed by atoms with van der Waals surface area (Å²) in [7, 11) is 0. The molecule has 162 valence electrons. The van der Waals surface area contributed by atoms with Gasteiger partial charge in [-0.2, -0.15) is 0 Å². The van der Waals surface area contributed by atoms with Crippen molar-refractivity contribution in [3.05, 3.63) is 58.0 Å². The van der Waals surface area contributed by atoms with Gasteiger partial charge in [-0.1, -0.05) is 54.0 Å². The third kappa shape index (κ3) is 5.78. The van der Waals surface area contributed by atoms with Crippen LogP contribution in [0.2, 0.25) is 0 Å². The standard InChI is InChI=1S/C21H20N2O5S3/c1-13-6-7-14-16(12-13)30-17(22(14)10-8-18(24)25)5-3-2-4-15-20(28)23(21(29)31-15)11-9-19(26)27/h2-7,12H,8-11H2,1H3,(H,24,25)(H,26,27)/b3-2+,15-4-,17-5+. The van der Waals surface area contributed by atoms with Gasteiger partial charge >= 0.3 is 11.9 Å². The number of carboxylic acid groups (broad SMARTS) is 2. The third-order valence-electron chi connectivity index (χ3n) is 4.46. The molecule has 0 unspecified atom stereocenters. The molecule has 1 aromatic carbocycles. The van der Waals surface area contributed by atoms with E-state index in [1.807, 2.05) is 30.0 Å². The summed E-state index contributed by atoms with van der Waals surface area (Å²) in [6.07, 6.45) is 6.90. The highest BCUT2D eigenvalue weighted by Crippen LogP contribution is 2.46. The zero-order valence-corrected chi connectivity index (χ0v) is 19.1. The molecule has 7 nitrogen and oxygen atoms in total. The van der Waals surface area contributed by atoms with Gasteiger partial charge in [-0.25, -0.2) is 0 Å². The van der Waals surface area contributed by atoms with Crippen molar-refractivity contribution in [2.24, 2.45) is 0 Å². The lowest BCUT2D eigenvalue weighted by atomic mass is 10.2. The van der Waals surface area contributed by atoms with Crippen LogP contribution in [0.25, 0.3) is 0 Å². The Morgan fingerprint density at radius 2 is 1.68 bits per heavy atom. The van der Waals surface area contributed by atoms with E-state index >= 15 is 0 Å². The zero-order chi connectivity index (χ0) is 22.5. The van der Waals surface area contributed by atoms with Crippen molar-refractivity contribution in [3.8, 4) is 0 Å². The minimum Gasteiger partial charge on any atom is -0.481 e. The molecule has 2 aliphatic rings. The van der Waals surface area contributed by atoms with Gasteiger partial charge in [0.15, 0.2) is 0 Å². The van der Waals surface area contributed by atoms with E-state index in [0.717, 1.165) is 32.9 Å². The quantitative estimate of drug-likeness (QED) is 0.426. The molecule has 0 spiro atoms. The molecule has 2 N–H and O–H groups in total. The number of nitrogens with zero attached hydrogens (tertiary/aromatic N) is 2. The van der Waals surface area contributed by atoms with E-state index < -0.39 is 11.9 Å². The van der Waals surface area contributed by atoms with Crippen molar-refractivity contribution >= 4 is 63.6 Å². The molecule has 0 saturated carbocycles. The van der Waals surface area contributed by atoms with E-state index in [1.54, 1.807) is 30.0 Å². The second-order valence-corrected chi connectivity index (χ2v) is 9.50. The molecule has 1 amide bonds. The first-order chi connectivity index (χ1) is 14.8. The molecule has 2 aliphatic heterocycles. The number of thiocarbonyl (C=S) groups is 1. The Bertz CT molecular complexity index is 1030. The minimum atomic E-state index is -0.984. The van der Waals surface area contributed by atoms with Gasteiger partial charge in [0.25, 0.3) is 5.91 Å². The molecule has 0 radical (unpaired) electrons. The van der Waals surface area contributed by atoms with Crippen LogP contribution in [0.1, 0.15) is 18.4 Å². The van der Waals surface area contributed by atoms with Gasteiger partial charge in [0.1, 0.15) is 4.32 Å². The van der Waals surface area contributed by atoms with Gasteiger partial charge in [0.2, 0.25) is 0 Å². The monoisotopic (exact) mass is 476 g/mol. The number of carbonyl (C=O) groups excluding carboxylic acids is 1. The third-order valence-corrected chi connectivity index (χ3v) is 6.96. The fraction of sp³-hybridized carbons (Fsp3) is 0.238. The molecule has 0 bridgehead atoms. The number of rotatable bonds is 8. The van der Waals surface area contributed by atoms with E-state index in [-0.39, 0.29) is 25.3 Å². The first-order valence-corrected chi connectivity index (χ1v) is 11.4. The molecule has 0 aliphatic carbocycles. The molecule has 3 rings (SSSR count). The number of amides is 1. The van der Waals surface area contributed by atoms with Crippen molar-refractivity contribution < 1.29 is 24.6 Å².